The Balaban J connectivity index is 1.74. The van der Waals surface area contributed by atoms with E-state index in [0.29, 0.717) is 5.92 Å². The predicted molar refractivity (Wildman–Crippen MR) is 83.3 cm³/mol. The van der Waals surface area contributed by atoms with Gasteiger partial charge in [-0.3, -0.25) is 0 Å². The Bertz CT molecular complexity index is 421. The molecule has 2 aliphatic rings. The SMILES string of the molecule is COc1cccc(C(CNC2CC2)C2CCCCC2)c1. The Morgan fingerprint density at radius 2 is 1.95 bits per heavy atom. The molecule has 2 heteroatoms. The van der Waals surface area contributed by atoms with Crippen molar-refractivity contribution in [3.05, 3.63) is 29.8 Å². The topological polar surface area (TPSA) is 21.3 Å². The van der Waals surface area contributed by atoms with Crippen LogP contribution in [0, 0.1) is 5.92 Å². The molecular formula is C18H27NO. The fraction of sp³-hybridized carbons (Fsp3) is 0.667. The van der Waals surface area contributed by atoms with E-state index in [1.165, 1.54) is 50.5 Å². The fourth-order valence-electron chi connectivity index (χ4n) is 3.55. The number of rotatable bonds is 6. The van der Waals surface area contributed by atoms with Gasteiger partial charge in [-0.05, 0) is 55.2 Å². The highest BCUT2D eigenvalue weighted by molar-refractivity contribution is 5.31. The van der Waals surface area contributed by atoms with E-state index in [0.717, 1.165) is 24.3 Å². The van der Waals surface area contributed by atoms with Crippen LogP contribution in [0.15, 0.2) is 24.3 Å². The molecule has 0 spiro atoms. The molecule has 2 saturated carbocycles. The molecule has 0 aliphatic heterocycles. The van der Waals surface area contributed by atoms with Crippen LogP contribution in [0.2, 0.25) is 0 Å². The first kappa shape index (κ1) is 13.9. The first-order valence-electron chi connectivity index (χ1n) is 8.24. The van der Waals surface area contributed by atoms with Gasteiger partial charge in [-0.2, -0.15) is 0 Å². The molecule has 0 bridgehead atoms. The molecule has 20 heavy (non-hydrogen) atoms. The van der Waals surface area contributed by atoms with Gasteiger partial charge in [0.05, 0.1) is 7.11 Å². The normalized spacial score (nSPS) is 21.6. The summed E-state index contributed by atoms with van der Waals surface area (Å²) in [6, 6.07) is 9.52. The van der Waals surface area contributed by atoms with Gasteiger partial charge in [-0.1, -0.05) is 31.4 Å². The van der Waals surface area contributed by atoms with E-state index in [1.807, 2.05) is 0 Å². The van der Waals surface area contributed by atoms with Gasteiger partial charge in [0.15, 0.2) is 0 Å². The van der Waals surface area contributed by atoms with Crippen LogP contribution in [0.1, 0.15) is 56.4 Å². The van der Waals surface area contributed by atoms with Crippen molar-refractivity contribution in [3.63, 3.8) is 0 Å². The number of hydrogen-bond donors (Lipinski definition) is 1. The van der Waals surface area contributed by atoms with Crippen molar-refractivity contribution in [3.8, 4) is 5.75 Å². The molecule has 2 nitrogen and oxygen atoms in total. The maximum Gasteiger partial charge on any atom is 0.119 e. The Labute approximate surface area is 122 Å². The van der Waals surface area contributed by atoms with Crippen LogP contribution < -0.4 is 10.1 Å². The second kappa shape index (κ2) is 6.62. The molecular weight excluding hydrogens is 246 g/mol. The molecule has 0 heterocycles. The zero-order chi connectivity index (χ0) is 13.8. The minimum absolute atomic E-state index is 0.658. The van der Waals surface area contributed by atoms with Gasteiger partial charge < -0.3 is 10.1 Å². The van der Waals surface area contributed by atoms with E-state index in [2.05, 4.69) is 29.6 Å². The van der Waals surface area contributed by atoms with Crippen molar-refractivity contribution >= 4 is 0 Å². The highest BCUT2D eigenvalue weighted by atomic mass is 16.5. The minimum atomic E-state index is 0.658. The smallest absolute Gasteiger partial charge is 0.119 e. The summed E-state index contributed by atoms with van der Waals surface area (Å²) >= 11 is 0. The molecule has 2 fully saturated rings. The average molecular weight is 273 g/mol. The largest absolute Gasteiger partial charge is 0.497 e. The number of nitrogens with one attached hydrogen (secondary N) is 1. The zero-order valence-corrected chi connectivity index (χ0v) is 12.6. The number of benzene rings is 1. The fourth-order valence-corrected chi connectivity index (χ4v) is 3.55. The van der Waals surface area contributed by atoms with Gasteiger partial charge in [0, 0.05) is 12.6 Å². The van der Waals surface area contributed by atoms with Crippen LogP contribution in [0.4, 0.5) is 0 Å². The van der Waals surface area contributed by atoms with Crippen LogP contribution in [0.25, 0.3) is 0 Å². The van der Waals surface area contributed by atoms with Crippen LogP contribution in [-0.4, -0.2) is 19.7 Å². The molecule has 0 amide bonds. The van der Waals surface area contributed by atoms with Gasteiger partial charge in [0.1, 0.15) is 5.75 Å². The van der Waals surface area contributed by atoms with Crippen molar-refractivity contribution < 1.29 is 4.74 Å². The van der Waals surface area contributed by atoms with Crippen LogP contribution in [0.5, 0.6) is 5.75 Å². The molecule has 110 valence electrons. The Morgan fingerprint density at radius 3 is 2.65 bits per heavy atom. The molecule has 0 radical (unpaired) electrons. The molecule has 0 saturated heterocycles. The second-order valence-corrected chi connectivity index (χ2v) is 6.46. The molecule has 1 N–H and O–H groups in total. The Kier molecular flexibility index (Phi) is 4.62. The van der Waals surface area contributed by atoms with Crippen molar-refractivity contribution in [2.75, 3.05) is 13.7 Å². The van der Waals surface area contributed by atoms with Gasteiger partial charge in [-0.15, -0.1) is 0 Å². The van der Waals surface area contributed by atoms with Crippen molar-refractivity contribution in [1.82, 2.24) is 5.32 Å². The Morgan fingerprint density at radius 1 is 1.15 bits per heavy atom. The Hall–Kier alpha value is -1.02. The number of hydrogen-bond acceptors (Lipinski definition) is 2. The molecule has 0 aromatic heterocycles. The van der Waals surface area contributed by atoms with E-state index in [-0.39, 0.29) is 0 Å². The lowest BCUT2D eigenvalue weighted by Gasteiger charge is -2.31. The first-order valence-corrected chi connectivity index (χ1v) is 8.24. The lowest BCUT2D eigenvalue weighted by atomic mass is 9.76. The summed E-state index contributed by atoms with van der Waals surface area (Å²) in [5.74, 6) is 2.50. The highest BCUT2D eigenvalue weighted by Gasteiger charge is 2.28. The van der Waals surface area contributed by atoms with Gasteiger partial charge in [0.2, 0.25) is 0 Å². The van der Waals surface area contributed by atoms with Crippen LogP contribution >= 0.6 is 0 Å². The van der Waals surface area contributed by atoms with Crippen LogP contribution in [0.3, 0.4) is 0 Å². The zero-order valence-electron chi connectivity index (χ0n) is 12.6. The molecule has 1 aromatic rings. The van der Waals surface area contributed by atoms with Crippen molar-refractivity contribution in [2.45, 2.75) is 56.9 Å². The van der Waals surface area contributed by atoms with Gasteiger partial charge in [-0.25, -0.2) is 0 Å². The van der Waals surface area contributed by atoms with Crippen molar-refractivity contribution in [1.29, 1.82) is 0 Å². The summed E-state index contributed by atoms with van der Waals surface area (Å²) in [6.45, 7) is 1.14. The standard InChI is InChI=1S/C18H27NO/c1-20-17-9-5-8-15(12-17)18(13-19-16-10-11-16)14-6-3-2-4-7-14/h5,8-9,12,14,16,18-19H,2-4,6-7,10-11,13H2,1H3. The maximum atomic E-state index is 5.41. The monoisotopic (exact) mass is 273 g/mol. The lowest BCUT2D eigenvalue weighted by molar-refractivity contribution is 0.296. The van der Waals surface area contributed by atoms with E-state index in [9.17, 15) is 0 Å². The minimum Gasteiger partial charge on any atom is -0.497 e. The van der Waals surface area contributed by atoms with E-state index < -0.39 is 0 Å². The van der Waals surface area contributed by atoms with E-state index >= 15 is 0 Å². The summed E-state index contributed by atoms with van der Waals surface area (Å²) < 4.78 is 5.41. The summed E-state index contributed by atoms with van der Waals surface area (Å²) in [4.78, 5) is 0. The van der Waals surface area contributed by atoms with Gasteiger partial charge >= 0.3 is 0 Å². The lowest BCUT2D eigenvalue weighted by Crippen LogP contribution is -2.29. The molecule has 1 atom stereocenters. The third-order valence-electron chi connectivity index (χ3n) is 4.94. The average Bonchev–Trinajstić information content (AvgIpc) is 3.33. The number of methoxy groups -OCH3 is 1. The predicted octanol–water partition coefficient (Wildman–Crippen LogP) is 4.11. The molecule has 3 rings (SSSR count). The molecule has 1 aromatic carbocycles. The maximum absolute atomic E-state index is 5.41. The molecule has 1 unspecified atom stereocenters. The highest BCUT2D eigenvalue weighted by Crippen LogP contribution is 2.37. The van der Waals surface area contributed by atoms with E-state index in [1.54, 1.807) is 7.11 Å². The van der Waals surface area contributed by atoms with Crippen molar-refractivity contribution in [2.24, 2.45) is 5.92 Å². The summed E-state index contributed by atoms with van der Waals surface area (Å²) in [7, 11) is 1.76. The second-order valence-electron chi connectivity index (χ2n) is 6.46. The first-order chi connectivity index (χ1) is 9.86. The van der Waals surface area contributed by atoms with Gasteiger partial charge in [0.25, 0.3) is 0 Å². The van der Waals surface area contributed by atoms with Crippen LogP contribution in [-0.2, 0) is 0 Å². The van der Waals surface area contributed by atoms with E-state index in [4.69, 9.17) is 4.74 Å². The summed E-state index contributed by atoms with van der Waals surface area (Å²) in [5, 5.41) is 3.75. The number of ether oxygens (including phenoxy) is 1. The quantitative estimate of drug-likeness (QED) is 0.842. The summed E-state index contributed by atoms with van der Waals surface area (Å²) in [5.41, 5.74) is 1.46. The molecule has 2 aliphatic carbocycles. The summed E-state index contributed by atoms with van der Waals surface area (Å²) in [6.07, 6.45) is 9.79. The third-order valence-corrected chi connectivity index (χ3v) is 4.94. The third kappa shape index (κ3) is 3.54.